The van der Waals surface area contributed by atoms with Crippen molar-refractivity contribution in [1.82, 2.24) is 14.9 Å². The number of aryl methyl sites for hydroxylation is 2. The topological polar surface area (TPSA) is 29.9 Å². The van der Waals surface area contributed by atoms with Crippen LogP contribution in [0.3, 0.4) is 0 Å². The highest BCUT2D eigenvalue weighted by molar-refractivity contribution is 5.79. The van der Waals surface area contributed by atoms with E-state index in [4.69, 9.17) is 4.98 Å². The molecule has 0 aliphatic heterocycles. The molecule has 86 valence electrons. The minimum absolute atomic E-state index is 0.330. The van der Waals surface area contributed by atoms with Gasteiger partial charge in [-0.05, 0) is 32.0 Å². The number of fused-ring (bicyclic) bond motifs is 1. The van der Waals surface area contributed by atoms with Crippen LogP contribution < -0.4 is 5.32 Å². The van der Waals surface area contributed by atoms with Crippen molar-refractivity contribution >= 4 is 11.0 Å². The molecule has 0 spiro atoms. The molecule has 0 saturated heterocycles. The molecule has 1 aromatic heterocycles. The van der Waals surface area contributed by atoms with Gasteiger partial charge in [0.15, 0.2) is 0 Å². The van der Waals surface area contributed by atoms with E-state index in [1.54, 1.807) is 0 Å². The van der Waals surface area contributed by atoms with Crippen molar-refractivity contribution in [2.45, 2.75) is 26.3 Å². The normalized spacial score (nSPS) is 13.2. The molecule has 2 rings (SSSR count). The lowest BCUT2D eigenvalue weighted by molar-refractivity contribution is 0.529. The summed E-state index contributed by atoms with van der Waals surface area (Å²) in [6.45, 7) is 4.31. The summed E-state index contributed by atoms with van der Waals surface area (Å²) in [5.74, 6) is 1.12. The number of nitrogens with one attached hydrogen (secondary N) is 1. The van der Waals surface area contributed by atoms with Gasteiger partial charge in [0.25, 0.3) is 0 Å². The fraction of sp³-hybridized carbons (Fsp3) is 0.462. The number of hydrogen-bond acceptors (Lipinski definition) is 2. The van der Waals surface area contributed by atoms with Crippen LogP contribution in [0.1, 0.15) is 30.8 Å². The van der Waals surface area contributed by atoms with Gasteiger partial charge >= 0.3 is 0 Å². The lowest BCUT2D eigenvalue weighted by atomic mass is 10.2. The first-order valence-electron chi connectivity index (χ1n) is 5.78. The zero-order chi connectivity index (χ0) is 11.7. The Hall–Kier alpha value is -1.35. The molecule has 0 amide bonds. The van der Waals surface area contributed by atoms with E-state index in [-0.39, 0.29) is 0 Å². The summed E-state index contributed by atoms with van der Waals surface area (Å²) in [5, 5.41) is 3.31. The van der Waals surface area contributed by atoms with E-state index in [0.717, 1.165) is 17.8 Å². The fourth-order valence-corrected chi connectivity index (χ4v) is 2.31. The molecule has 1 aromatic carbocycles. The molecule has 0 aliphatic rings. The van der Waals surface area contributed by atoms with Crippen LogP contribution >= 0.6 is 0 Å². The smallest absolute Gasteiger partial charge is 0.126 e. The summed E-state index contributed by atoms with van der Waals surface area (Å²) in [7, 11) is 4.08. The molecule has 0 radical (unpaired) electrons. The summed E-state index contributed by atoms with van der Waals surface area (Å²) in [4.78, 5) is 4.72. The fourth-order valence-electron chi connectivity index (χ4n) is 2.31. The van der Waals surface area contributed by atoms with Gasteiger partial charge in [0.2, 0.25) is 0 Å². The number of nitrogens with zero attached hydrogens (tertiary/aromatic N) is 2. The second kappa shape index (κ2) is 4.26. The Labute approximate surface area is 96.5 Å². The first kappa shape index (κ1) is 11.1. The van der Waals surface area contributed by atoms with Crippen LogP contribution in [0, 0.1) is 6.92 Å². The maximum atomic E-state index is 4.72. The van der Waals surface area contributed by atoms with Crippen LogP contribution in [0.25, 0.3) is 11.0 Å². The quantitative estimate of drug-likeness (QED) is 0.856. The van der Waals surface area contributed by atoms with Crippen LogP contribution in [0.5, 0.6) is 0 Å². The predicted molar refractivity (Wildman–Crippen MR) is 67.5 cm³/mol. The highest BCUT2D eigenvalue weighted by atomic mass is 15.1. The molecule has 0 aliphatic carbocycles. The van der Waals surface area contributed by atoms with Crippen molar-refractivity contribution in [3.05, 3.63) is 29.6 Å². The SMILES string of the molecule is CCC(NC)c1nc2cccc(C)c2n1C. The number of para-hydroxylation sites is 1. The molecule has 2 aromatic rings. The largest absolute Gasteiger partial charge is 0.330 e. The second-order valence-electron chi connectivity index (χ2n) is 4.22. The van der Waals surface area contributed by atoms with Crippen molar-refractivity contribution < 1.29 is 0 Å². The highest BCUT2D eigenvalue weighted by Gasteiger charge is 2.15. The molecule has 1 unspecified atom stereocenters. The van der Waals surface area contributed by atoms with Gasteiger partial charge in [-0.15, -0.1) is 0 Å². The van der Waals surface area contributed by atoms with Crippen LogP contribution in [-0.2, 0) is 7.05 Å². The Balaban J connectivity index is 2.64. The van der Waals surface area contributed by atoms with Gasteiger partial charge in [-0.3, -0.25) is 0 Å². The van der Waals surface area contributed by atoms with E-state index in [9.17, 15) is 0 Å². The molecule has 1 N–H and O–H groups in total. The van der Waals surface area contributed by atoms with E-state index in [2.05, 4.69) is 49.0 Å². The predicted octanol–water partition coefficient (Wildman–Crippen LogP) is 2.55. The Morgan fingerprint density at radius 2 is 2.19 bits per heavy atom. The third-order valence-corrected chi connectivity index (χ3v) is 3.20. The molecule has 3 heteroatoms. The number of rotatable bonds is 3. The molecule has 0 fully saturated rings. The van der Waals surface area contributed by atoms with Crippen molar-refractivity contribution in [3.63, 3.8) is 0 Å². The molecular formula is C13H19N3. The van der Waals surface area contributed by atoms with E-state index in [1.807, 2.05) is 7.05 Å². The zero-order valence-corrected chi connectivity index (χ0v) is 10.4. The molecular weight excluding hydrogens is 198 g/mol. The average molecular weight is 217 g/mol. The van der Waals surface area contributed by atoms with E-state index >= 15 is 0 Å². The Morgan fingerprint density at radius 1 is 1.44 bits per heavy atom. The van der Waals surface area contributed by atoms with E-state index in [1.165, 1.54) is 11.1 Å². The lowest BCUT2D eigenvalue weighted by Crippen LogP contribution is -2.19. The van der Waals surface area contributed by atoms with Crippen LogP contribution in [0.15, 0.2) is 18.2 Å². The molecule has 1 atom stereocenters. The molecule has 3 nitrogen and oxygen atoms in total. The number of benzene rings is 1. The maximum Gasteiger partial charge on any atom is 0.126 e. The highest BCUT2D eigenvalue weighted by Crippen LogP contribution is 2.23. The Bertz CT molecular complexity index is 495. The van der Waals surface area contributed by atoms with Gasteiger partial charge in [0.1, 0.15) is 5.82 Å². The summed E-state index contributed by atoms with van der Waals surface area (Å²) >= 11 is 0. The van der Waals surface area contributed by atoms with Gasteiger partial charge in [0.05, 0.1) is 17.1 Å². The first-order chi connectivity index (χ1) is 7.69. The molecule has 16 heavy (non-hydrogen) atoms. The number of hydrogen-bond donors (Lipinski definition) is 1. The standard InChI is InChI=1S/C13H19N3/c1-5-10(14-3)13-15-11-8-6-7-9(2)12(11)16(13)4/h6-8,10,14H,5H2,1-4H3. The first-order valence-corrected chi connectivity index (χ1v) is 5.78. The average Bonchev–Trinajstić information content (AvgIpc) is 2.60. The van der Waals surface area contributed by atoms with E-state index in [0.29, 0.717) is 6.04 Å². The van der Waals surface area contributed by atoms with Crippen molar-refractivity contribution in [1.29, 1.82) is 0 Å². The number of aromatic nitrogens is 2. The summed E-state index contributed by atoms with van der Waals surface area (Å²) in [5.41, 5.74) is 3.61. The Kier molecular flexibility index (Phi) is 2.97. The van der Waals surface area contributed by atoms with Crippen LogP contribution in [0.2, 0.25) is 0 Å². The Morgan fingerprint density at radius 3 is 2.75 bits per heavy atom. The van der Waals surface area contributed by atoms with Gasteiger partial charge < -0.3 is 9.88 Å². The minimum Gasteiger partial charge on any atom is -0.330 e. The molecule has 0 saturated carbocycles. The third-order valence-electron chi connectivity index (χ3n) is 3.20. The van der Waals surface area contributed by atoms with Gasteiger partial charge in [-0.2, -0.15) is 0 Å². The summed E-state index contributed by atoms with van der Waals surface area (Å²) in [6.07, 6.45) is 1.05. The summed E-state index contributed by atoms with van der Waals surface area (Å²) < 4.78 is 2.20. The minimum atomic E-state index is 0.330. The monoisotopic (exact) mass is 217 g/mol. The third kappa shape index (κ3) is 1.61. The van der Waals surface area contributed by atoms with Crippen molar-refractivity contribution in [3.8, 4) is 0 Å². The van der Waals surface area contributed by atoms with E-state index < -0.39 is 0 Å². The van der Waals surface area contributed by atoms with Gasteiger partial charge in [-0.1, -0.05) is 19.1 Å². The summed E-state index contributed by atoms with van der Waals surface area (Å²) in [6, 6.07) is 6.61. The lowest BCUT2D eigenvalue weighted by Gasteiger charge is -2.13. The molecule has 0 bridgehead atoms. The maximum absolute atomic E-state index is 4.72. The number of imidazole rings is 1. The zero-order valence-electron chi connectivity index (χ0n) is 10.4. The van der Waals surface area contributed by atoms with Crippen LogP contribution in [-0.4, -0.2) is 16.6 Å². The van der Waals surface area contributed by atoms with Crippen molar-refractivity contribution in [2.75, 3.05) is 7.05 Å². The van der Waals surface area contributed by atoms with Gasteiger partial charge in [0, 0.05) is 7.05 Å². The van der Waals surface area contributed by atoms with Gasteiger partial charge in [-0.25, -0.2) is 4.98 Å². The van der Waals surface area contributed by atoms with Crippen molar-refractivity contribution in [2.24, 2.45) is 7.05 Å². The second-order valence-corrected chi connectivity index (χ2v) is 4.22. The molecule has 1 heterocycles. The van der Waals surface area contributed by atoms with Crippen LogP contribution in [0.4, 0.5) is 0 Å².